The molecule has 0 radical (unpaired) electrons. The van der Waals surface area contributed by atoms with Gasteiger partial charge in [0.15, 0.2) is 34.5 Å². The highest BCUT2D eigenvalue weighted by atomic mass is 16.7. The van der Waals surface area contributed by atoms with Crippen LogP contribution in [0.25, 0.3) is 22.0 Å². The van der Waals surface area contributed by atoms with E-state index in [1.54, 1.807) is 42.5 Å². The second kappa shape index (κ2) is 11.2. The van der Waals surface area contributed by atoms with Crippen LogP contribution in [-0.2, 0) is 11.3 Å². The van der Waals surface area contributed by atoms with Crippen LogP contribution in [0.5, 0.6) is 40.2 Å². The molecule has 3 aromatic carbocycles. The molecule has 0 spiro atoms. The third kappa shape index (κ3) is 4.58. The molecule has 0 unspecified atom stereocenters. The summed E-state index contributed by atoms with van der Waals surface area (Å²) in [7, 11) is 8.76. The summed E-state index contributed by atoms with van der Waals surface area (Å²) < 4.78 is 45.5. The number of aromatic nitrogens is 1. The number of nitrogens with zero attached hydrogens (tertiary/aromatic N) is 1. The molecule has 0 atom stereocenters. The first kappa shape index (κ1) is 27.5. The lowest BCUT2D eigenvalue weighted by atomic mass is 9.94. The van der Waals surface area contributed by atoms with Crippen LogP contribution in [-0.4, -0.2) is 60.0 Å². The van der Waals surface area contributed by atoms with Crippen LogP contribution >= 0.6 is 0 Å². The van der Waals surface area contributed by atoms with Crippen molar-refractivity contribution in [3.63, 3.8) is 0 Å². The Kier molecular flexibility index (Phi) is 7.52. The molecule has 0 N–H and O–H groups in total. The van der Waals surface area contributed by atoms with E-state index in [1.165, 1.54) is 47.2 Å². The first-order chi connectivity index (χ1) is 19.9. The standard InChI is InChI=1S/C30H29NO10/c1-34-20-10-8-18-25(28(20)38-5)24(17-7-9-19-21(13-17)41-15-40-19)26(30(33)39-6)29(32)31(18)14-16-11-22(35-2)27(37-4)23(12-16)36-3/h7-13H,14-15H2,1-6H3. The van der Waals surface area contributed by atoms with Crippen LogP contribution in [0, 0.1) is 0 Å². The van der Waals surface area contributed by atoms with Gasteiger partial charge in [-0.15, -0.1) is 0 Å². The van der Waals surface area contributed by atoms with E-state index >= 15 is 0 Å². The molecule has 41 heavy (non-hydrogen) atoms. The van der Waals surface area contributed by atoms with Crippen LogP contribution in [0.2, 0.25) is 0 Å². The normalized spacial score (nSPS) is 11.8. The van der Waals surface area contributed by atoms with Gasteiger partial charge in [-0.3, -0.25) is 4.79 Å². The van der Waals surface area contributed by atoms with E-state index in [2.05, 4.69) is 0 Å². The van der Waals surface area contributed by atoms with Crippen molar-refractivity contribution in [2.45, 2.75) is 6.54 Å². The fraction of sp³-hybridized carbons (Fsp3) is 0.267. The maximum Gasteiger partial charge on any atom is 0.344 e. The fourth-order valence-corrected chi connectivity index (χ4v) is 5.06. The van der Waals surface area contributed by atoms with E-state index in [0.29, 0.717) is 67.8 Å². The minimum absolute atomic E-state index is 0.0486. The van der Waals surface area contributed by atoms with Crippen molar-refractivity contribution in [1.82, 2.24) is 4.57 Å². The molecular weight excluding hydrogens is 534 g/mol. The average molecular weight is 564 g/mol. The summed E-state index contributed by atoms with van der Waals surface area (Å²) in [6.45, 7) is 0.115. The quantitative estimate of drug-likeness (QED) is 0.274. The first-order valence-electron chi connectivity index (χ1n) is 12.5. The third-order valence-electron chi connectivity index (χ3n) is 6.89. The molecule has 11 nitrogen and oxygen atoms in total. The maximum atomic E-state index is 14.2. The topological polar surface area (TPSA) is 113 Å². The minimum atomic E-state index is -0.812. The van der Waals surface area contributed by atoms with Gasteiger partial charge in [0, 0.05) is 5.56 Å². The maximum absolute atomic E-state index is 14.2. The zero-order valence-corrected chi connectivity index (χ0v) is 23.5. The number of carbonyl (C=O) groups is 1. The summed E-state index contributed by atoms with van der Waals surface area (Å²) >= 11 is 0. The smallest absolute Gasteiger partial charge is 0.344 e. The van der Waals surface area contributed by atoms with Crippen molar-refractivity contribution >= 4 is 16.9 Å². The Morgan fingerprint density at radius 3 is 2.05 bits per heavy atom. The Labute approximate surface area is 235 Å². The highest BCUT2D eigenvalue weighted by Crippen LogP contribution is 2.45. The Bertz CT molecular complexity index is 1680. The van der Waals surface area contributed by atoms with Gasteiger partial charge >= 0.3 is 5.97 Å². The molecule has 1 aliphatic heterocycles. The van der Waals surface area contributed by atoms with Gasteiger partial charge in [-0.05, 0) is 47.5 Å². The number of hydrogen-bond donors (Lipinski definition) is 0. The number of benzene rings is 3. The van der Waals surface area contributed by atoms with Crippen molar-refractivity contribution < 1.29 is 42.7 Å². The number of rotatable bonds is 9. The van der Waals surface area contributed by atoms with Crippen LogP contribution in [0.1, 0.15) is 15.9 Å². The summed E-state index contributed by atoms with van der Waals surface area (Å²) in [6, 6.07) is 12.1. The molecule has 0 fully saturated rings. The second-order valence-corrected chi connectivity index (χ2v) is 8.93. The third-order valence-corrected chi connectivity index (χ3v) is 6.89. The molecule has 5 rings (SSSR count). The van der Waals surface area contributed by atoms with Gasteiger partial charge in [-0.2, -0.15) is 0 Å². The van der Waals surface area contributed by atoms with Gasteiger partial charge in [0.05, 0.1) is 60.1 Å². The summed E-state index contributed by atoms with van der Waals surface area (Å²) in [6.07, 6.45) is 0. The van der Waals surface area contributed by atoms with Crippen molar-refractivity contribution in [3.8, 4) is 51.4 Å². The van der Waals surface area contributed by atoms with Crippen molar-refractivity contribution in [2.24, 2.45) is 0 Å². The predicted octanol–water partition coefficient (Wildman–Crippen LogP) is 4.28. The monoisotopic (exact) mass is 563 g/mol. The molecule has 0 saturated heterocycles. The molecular formula is C30H29NO10. The fourth-order valence-electron chi connectivity index (χ4n) is 5.06. The Balaban J connectivity index is 1.88. The lowest BCUT2D eigenvalue weighted by molar-refractivity contribution is 0.0599. The number of fused-ring (bicyclic) bond motifs is 2. The highest BCUT2D eigenvalue weighted by molar-refractivity contribution is 6.10. The van der Waals surface area contributed by atoms with E-state index < -0.39 is 11.5 Å². The number of esters is 1. The summed E-state index contributed by atoms with van der Waals surface area (Å²) in [5, 5.41) is 0.471. The van der Waals surface area contributed by atoms with Gasteiger partial charge in [0.1, 0.15) is 5.56 Å². The zero-order chi connectivity index (χ0) is 29.3. The van der Waals surface area contributed by atoms with E-state index in [4.69, 9.17) is 37.9 Å². The van der Waals surface area contributed by atoms with Crippen molar-refractivity contribution in [2.75, 3.05) is 49.5 Å². The van der Waals surface area contributed by atoms with Gasteiger partial charge in [0.2, 0.25) is 12.5 Å². The van der Waals surface area contributed by atoms with E-state index in [0.717, 1.165) is 0 Å². The molecule has 1 aromatic heterocycles. The first-order valence-corrected chi connectivity index (χ1v) is 12.5. The zero-order valence-electron chi connectivity index (χ0n) is 23.5. The Morgan fingerprint density at radius 1 is 0.780 bits per heavy atom. The predicted molar refractivity (Wildman–Crippen MR) is 149 cm³/mol. The van der Waals surface area contributed by atoms with Gasteiger partial charge in [-0.1, -0.05) is 6.07 Å². The van der Waals surface area contributed by atoms with Crippen molar-refractivity contribution in [1.29, 1.82) is 0 Å². The summed E-state index contributed by atoms with van der Waals surface area (Å²) in [5.74, 6) is 2.22. The molecule has 1 aliphatic rings. The van der Waals surface area contributed by atoms with E-state index in [-0.39, 0.29) is 18.9 Å². The Morgan fingerprint density at radius 2 is 1.44 bits per heavy atom. The van der Waals surface area contributed by atoms with Crippen LogP contribution in [0.4, 0.5) is 0 Å². The van der Waals surface area contributed by atoms with Gasteiger partial charge in [0.25, 0.3) is 5.56 Å². The van der Waals surface area contributed by atoms with Crippen molar-refractivity contribution in [3.05, 3.63) is 63.9 Å². The molecule has 0 saturated carbocycles. The molecule has 4 aromatic rings. The molecule has 0 amide bonds. The summed E-state index contributed by atoms with van der Waals surface area (Å²) in [5.41, 5.74) is 1.23. The van der Waals surface area contributed by atoms with Crippen LogP contribution in [0.15, 0.2) is 47.3 Å². The van der Waals surface area contributed by atoms with Gasteiger partial charge < -0.3 is 42.5 Å². The number of carbonyl (C=O) groups excluding carboxylic acids is 1. The highest BCUT2D eigenvalue weighted by Gasteiger charge is 2.29. The molecule has 214 valence electrons. The van der Waals surface area contributed by atoms with Crippen LogP contribution in [0.3, 0.4) is 0 Å². The number of methoxy groups -OCH3 is 6. The molecule has 0 aliphatic carbocycles. The van der Waals surface area contributed by atoms with Crippen LogP contribution < -0.4 is 38.7 Å². The largest absolute Gasteiger partial charge is 0.493 e. The van der Waals surface area contributed by atoms with Gasteiger partial charge in [-0.25, -0.2) is 4.79 Å². The average Bonchev–Trinajstić information content (AvgIpc) is 3.48. The SMILES string of the molecule is COC(=O)c1c(-c2ccc3c(c2)OCO3)c2c(OC)c(OC)ccc2n(Cc2cc(OC)c(OC)c(OC)c2)c1=O. The summed E-state index contributed by atoms with van der Waals surface area (Å²) in [4.78, 5) is 27.6. The molecule has 11 heteroatoms. The Hall–Kier alpha value is -5.06. The van der Waals surface area contributed by atoms with E-state index in [1.807, 2.05) is 0 Å². The molecule has 0 bridgehead atoms. The second-order valence-electron chi connectivity index (χ2n) is 8.93. The lowest BCUT2D eigenvalue weighted by Crippen LogP contribution is -2.29. The van der Waals surface area contributed by atoms with E-state index in [9.17, 15) is 9.59 Å². The minimum Gasteiger partial charge on any atom is -0.493 e. The number of hydrogen-bond acceptors (Lipinski definition) is 10. The lowest BCUT2D eigenvalue weighted by Gasteiger charge is -2.21. The number of pyridine rings is 1. The number of ether oxygens (including phenoxy) is 8. The molecule has 2 heterocycles.